The molecular formula is C18H29ClLiN-2. The first kappa shape index (κ1) is 23.3. The molecule has 0 spiro atoms. The third-order valence-corrected chi connectivity index (χ3v) is 3.35. The summed E-state index contributed by atoms with van der Waals surface area (Å²) >= 11 is 5.99. The Bertz CT molecular complexity index is 329. The average molecular weight is 302 g/mol. The Hall–Kier alpha value is 0.0674. The Morgan fingerprint density at radius 1 is 1.10 bits per heavy atom. The van der Waals surface area contributed by atoms with Gasteiger partial charge in [0.25, 0.3) is 0 Å². The minimum Gasteiger partial charge on any atom is -0.343 e. The van der Waals surface area contributed by atoms with Crippen LogP contribution < -0.4 is 24.2 Å². The summed E-state index contributed by atoms with van der Waals surface area (Å²) in [7, 11) is 1.99. The maximum Gasteiger partial charge on any atom is 1.00 e. The summed E-state index contributed by atoms with van der Waals surface area (Å²) in [6, 6.07) is 8.16. The Balaban J connectivity index is 0. The SMILES string of the molecule is [CH2-]CCC[CH2-].[CH2-]CC[C@@H](CCNC)c1cccc(Cl)c1.[Li+]. The van der Waals surface area contributed by atoms with Gasteiger partial charge < -0.3 is 26.1 Å². The topological polar surface area (TPSA) is 12.0 Å². The fourth-order valence-electron chi connectivity index (χ4n) is 1.98. The molecule has 1 N–H and O–H groups in total. The molecular weight excluding hydrogens is 273 g/mol. The summed E-state index contributed by atoms with van der Waals surface area (Å²) in [6.07, 6.45) is 6.47. The molecule has 1 rings (SSSR count). The minimum absolute atomic E-state index is 0. The minimum atomic E-state index is 0. The van der Waals surface area contributed by atoms with E-state index in [-0.39, 0.29) is 18.9 Å². The molecule has 0 heterocycles. The fourth-order valence-corrected chi connectivity index (χ4v) is 2.18. The van der Waals surface area contributed by atoms with Gasteiger partial charge in [0, 0.05) is 5.02 Å². The van der Waals surface area contributed by atoms with Crippen molar-refractivity contribution < 1.29 is 18.9 Å². The van der Waals surface area contributed by atoms with E-state index in [1.165, 1.54) is 12.0 Å². The predicted molar refractivity (Wildman–Crippen MR) is 91.9 cm³/mol. The monoisotopic (exact) mass is 301 g/mol. The van der Waals surface area contributed by atoms with Gasteiger partial charge in [0.1, 0.15) is 0 Å². The van der Waals surface area contributed by atoms with Gasteiger partial charge in [0.15, 0.2) is 0 Å². The van der Waals surface area contributed by atoms with Gasteiger partial charge in [-0.2, -0.15) is 19.3 Å². The van der Waals surface area contributed by atoms with Crippen molar-refractivity contribution in [2.24, 2.45) is 0 Å². The third-order valence-electron chi connectivity index (χ3n) is 3.12. The smallest absolute Gasteiger partial charge is 0.343 e. The largest absolute Gasteiger partial charge is 1.00 e. The summed E-state index contributed by atoms with van der Waals surface area (Å²) in [5.74, 6) is 0.577. The molecule has 0 saturated carbocycles. The molecule has 0 aliphatic rings. The second kappa shape index (κ2) is 16.4. The zero-order chi connectivity index (χ0) is 15.2. The molecule has 0 saturated heterocycles. The van der Waals surface area contributed by atoms with Crippen molar-refractivity contribution in [1.82, 2.24) is 5.32 Å². The second-order valence-electron chi connectivity index (χ2n) is 4.85. The number of unbranched alkanes of at least 4 members (excludes halogenated alkanes) is 2. The van der Waals surface area contributed by atoms with Crippen LogP contribution in [0.5, 0.6) is 0 Å². The van der Waals surface area contributed by atoms with Crippen LogP contribution in [-0.2, 0) is 0 Å². The molecule has 116 valence electrons. The standard InChI is InChI=1S/C13H19ClN.C5H10.Li/c1-3-5-11(8-9-15-2)12-6-4-7-13(14)10-12;1-3-5-4-2;/h4,6-7,10-11,15H,1,3,5,8-9H2,2H3;1-5H2;/q-1;-2;+1/t11-;;/m0../s1. The van der Waals surface area contributed by atoms with Gasteiger partial charge in [-0.25, -0.2) is 0 Å². The van der Waals surface area contributed by atoms with Gasteiger partial charge >= 0.3 is 18.9 Å². The van der Waals surface area contributed by atoms with Crippen LogP contribution in [0.3, 0.4) is 0 Å². The third kappa shape index (κ3) is 12.3. The van der Waals surface area contributed by atoms with Crippen molar-refractivity contribution in [2.45, 2.75) is 44.4 Å². The zero-order valence-corrected chi connectivity index (χ0v) is 14.6. The van der Waals surface area contributed by atoms with Crippen LogP contribution in [-0.4, -0.2) is 13.6 Å². The van der Waals surface area contributed by atoms with Crippen LogP contribution in [0.25, 0.3) is 0 Å². The van der Waals surface area contributed by atoms with E-state index in [1.54, 1.807) is 0 Å². The molecule has 0 aromatic heterocycles. The Morgan fingerprint density at radius 3 is 2.19 bits per heavy atom. The van der Waals surface area contributed by atoms with E-state index in [0.717, 1.165) is 43.7 Å². The first-order chi connectivity index (χ1) is 9.69. The van der Waals surface area contributed by atoms with Gasteiger partial charge in [-0.3, -0.25) is 0 Å². The molecule has 0 amide bonds. The molecule has 1 aromatic rings. The van der Waals surface area contributed by atoms with Gasteiger partial charge in [0.05, 0.1) is 0 Å². The molecule has 0 unspecified atom stereocenters. The number of nitrogens with one attached hydrogen (secondary N) is 1. The van der Waals surface area contributed by atoms with Crippen LogP contribution in [0.1, 0.15) is 50.0 Å². The maximum absolute atomic E-state index is 5.99. The van der Waals surface area contributed by atoms with Crippen LogP contribution in [0.15, 0.2) is 24.3 Å². The molecule has 0 bridgehead atoms. The number of halogens is 1. The van der Waals surface area contributed by atoms with Crippen LogP contribution in [0.4, 0.5) is 0 Å². The van der Waals surface area contributed by atoms with Crippen molar-refractivity contribution in [3.05, 3.63) is 55.6 Å². The van der Waals surface area contributed by atoms with Gasteiger partial charge in [-0.1, -0.05) is 30.2 Å². The maximum atomic E-state index is 5.99. The summed E-state index contributed by atoms with van der Waals surface area (Å²) < 4.78 is 0. The van der Waals surface area contributed by atoms with Crippen LogP contribution >= 0.6 is 11.6 Å². The second-order valence-corrected chi connectivity index (χ2v) is 5.28. The van der Waals surface area contributed by atoms with E-state index in [1.807, 2.05) is 19.2 Å². The van der Waals surface area contributed by atoms with E-state index in [0.29, 0.717) is 5.92 Å². The van der Waals surface area contributed by atoms with E-state index in [4.69, 9.17) is 11.6 Å². The molecule has 1 nitrogen and oxygen atoms in total. The van der Waals surface area contributed by atoms with Gasteiger partial charge in [-0.15, -0.1) is 6.42 Å². The molecule has 0 radical (unpaired) electrons. The molecule has 3 heteroatoms. The van der Waals surface area contributed by atoms with Gasteiger partial charge in [-0.05, 0) is 43.6 Å². The number of benzene rings is 1. The predicted octanol–water partition coefficient (Wildman–Crippen LogP) is 2.48. The zero-order valence-electron chi connectivity index (χ0n) is 13.8. The summed E-state index contributed by atoms with van der Waals surface area (Å²) in [5, 5.41) is 4.01. The average Bonchev–Trinajstić information content (AvgIpc) is 2.45. The Labute approximate surface area is 149 Å². The van der Waals surface area contributed by atoms with Crippen molar-refractivity contribution >= 4 is 11.6 Å². The van der Waals surface area contributed by atoms with E-state index >= 15 is 0 Å². The van der Waals surface area contributed by atoms with Crippen molar-refractivity contribution in [1.29, 1.82) is 0 Å². The number of rotatable bonds is 8. The summed E-state index contributed by atoms with van der Waals surface area (Å²) in [6.45, 7) is 12.2. The number of hydrogen-bond acceptors (Lipinski definition) is 1. The molecule has 0 aliphatic carbocycles. The van der Waals surface area contributed by atoms with E-state index in [2.05, 4.69) is 38.2 Å². The first-order valence-corrected chi connectivity index (χ1v) is 7.85. The van der Waals surface area contributed by atoms with Crippen molar-refractivity contribution in [3.8, 4) is 0 Å². The Morgan fingerprint density at radius 2 is 1.76 bits per heavy atom. The molecule has 1 atom stereocenters. The number of hydrogen-bond donors (Lipinski definition) is 1. The van der Waals surface area contributed by atoms with Crippen LogP contribution in [0.2, 0.25) is 5.02 Å². The van der Waals surface area contributed by atoms with Crippen LogP contribution in [0, 0.1) is 20.8 Å². The van der Waals surface area contributed by atoms with Gasteiger partial charge in [0.2, 0.25) is 0 Å². The first-order valence-electron chi connectivity index (χ1n) is 7.47. The Kier molecular flexibility index (Phi) is 18.3. The van der Waals surface area contributed by atoms with E-state index < -0.39 is 0 Å². The van der Waals surface area contributed by atoms with Crippen molar-refractivity contribution in [2.75, 3.05) is 13.6 Å². The van der Waals surface area contributed by atoms with E-state index in [9.17, 15) is 0 Å². The molecule has 1 aromatic carbocycles. The molecule has 0 fully saturated rings. The normalized spacial score (nSPS) is 11.1. The molecule has 0 aliphatic heterocycles. The summed E-state index contributed by atoms with van der Waals surface area (Å²) in [5.41, 5.74) is 1.33. The summed E-state index contributed by atoms with van der Waals surface area (Å²) in [4.78, 5) is 0. The molecule has 21 heavy (non-hydrogen) atoms. The fraction of sp³-hybridized carbons (Fsp3) is 0.500. The van der Waals surface area contributed by atoms with Crippen molar-refractivity contribution in [3.63, 3.8) is 0 Å². The quantitative estimate of drug-likeness (QED) is 0.574.